The average Bonchev–Trinajstić information content (AvgIpc) is 2.42. The van der Waals surface area contributed by atoms with Crippen LogP contribution in [-0.4, -0.2) is 66.2 Å². The Morgan fingerprint density at radius 3 is 2.53 bits per heavy atom. The molecule has 6 heteroatoms. The molecular weight excluding hydrogens is 246 g/mol. The Morgan fingerprint density at radius 1 is 1.11 bits per heavy atom. The number of urea groups is 1. The maximum absolute atomic E-state index is 12.4. The van der Waals surface area contributed by atoms with Crippen molar-refractivity contribution in [2.24, 2.45) is 0 Å². The van der Waals surface area contributed by atoms with Crippen LogP contribution >= 0.6 is 0 Å². The van der Waals surface area contributed by atoms with Gasteiger partial charge in [-0.2, -0.15) is 0 Å². The molecule has 2 amide bonds. The van der Waals surface area contributed by atoms with E-state index in [4.69, 9.17) is 4.74 Å². The van der Waals surface area contributed by atoms with E-state index in [1.807, 2.05) is 5.01 Å². The lowest BCUT2D eigenvalue weighted by Crippen LogP contribution is -2.58. The highest BCUT2D eigenvalue weighted by molar-refractivity contribution is 5.81. The summed E-state index contributed by atoms with van der Waals surface area (Å²) in [5.74, 6) is -0.323. The number of nitrogens with zero attached hydrogens (tertiary/aromatic N) is 3. The quantitative estimate of drug-likeness (QED) is 0.717. The molecule has 0 saturated carbocycles. The molecule has 108 valence electrons. The summed E-state index contributed by atoms with van der Waals surface area (Å²) in [5, 5.41) is 3.94. The lowest BCUT2D eigenvalue weighted by atomic mass is 10.1. The van der Waals surface area contributed by atoms with Gasteiger partial charge in [-0.25, -0.2) is 9.80 Å². The monoisotopic (exact) mass is 269 g/mol. The third-order valence-corrected chi connectivity index (χ3v) is 3.59. The number of carbonyl (C=O) groups excluding carboxylic acids is 2. The summed E-state index contributed by atoms with van der Waals surface area (Å²) in [6, 6.07) is -0.0544. The van der Waals surface area contributed by atoms with E-state index in [-0.39, 0.29) is 18.5 Å². The first-order valence-electron chi connectivity index (χ1n) is 7.19. The predicted octanol–water partition coefficient (Wildman–Crippen LogP) is 1.08. The number of piperidine rings is 1. The number of hydrazine groups is 1. The van der Waals surface area contributed by atoms with Gasteiger partial charge in [0.15, 0.2) is 0 Å². The second-order valence-corrected chi connectivity index (χ2v) is 5.00. The zero-order chi connectivity index (χ0) is 13.7. The Kier molecular flexibility index (Phi) is 5.01. The fourth-order valence-corrected chi connectivity index (χ4v) is 2.66. The fraction of sp³-hybridized carbons (Fsp3) is 0.846. The molecule has 0 aromatic rings. The van der Waals surface area contributed by atoms with Crippen molar-refractivity contribution < 1.29 is 14.3 Å². The van der Waals surface area contributed by atoms with Crippen LogP contribution in [0.3, 0.4) is 0 Å². The topological polar surface area (TPSA) is 53.1 Å². The van der Waals surface area contributed by atoms with E-state index in [9.17, 15) is 9.59 Å². The van der Waals surface area contributed by atoms with Gasteiger partial charge in [-0.05, 0) is 26.2 Å². The first-order valence-corrected chi connectivity index (χ1v) is 7.19. The summed E-state index contributed by atoms with van der Waals surface area (Å²) < 4.78 is 4.91. The van der Waals surface area contributed by atoms with E-state index < -0.39 is 0 Å². The van der Waals surface area contributed by atoms with Gasteiger partial charge in [-0.1, -0.05) is 6.42 Å². The molecule has 0 spiro atoms. The summed E-state index contributed by atoms with van der Waals surface area (Å²) >= 11 is 0. The molecule has 2 aliphatic rings. The van der Waals surface area contributed by atoms with Crippen LogP contribution in [0.1, 0.15) is 32.6 Å². The Labute approximate surface area is 114 Å². The van der Waals surface area contributed by atoms with E-state index >= 15 is 0 Å². The van der Waals surface area contributed by atoms with Crippen molar-refractivity contribution in [2.45, 2.75) is 32.6 Å². The number of amides is 2. The maximum atomic E-state index is 12.4. The van der Waals surface area contributed by atoms with Gasteiger partial charge < -0.3 is 9.64 Å². The van der Waals surface area contributed by atoms with Gasteiger partial charge in [0, 0.05) is 26.2 Å². The molecule has 2 fully saturated rings. The largest absolute Gasteiger partial charge is 0.465 e. The summed E-state index contributed by atoms with van der Waals surface area (Å²) in [6.45, 7) is 5.49. The van der Waals surface area contributed by atoms with Crippen LogP contribution in [0.25, 0.3) is 0 Å². The Morgan fingerprint density at radius 2 is 1.84 bits per heavy atom. The Hall–Kier alpha value is -1.30. The molecule has 2 rings (SSSR count). The van der Waals surface area contributed by atoms with E-state index in [2.05, 4.69) is 5.01 Å². The molecule has 0 N–H and O–H groups in total. The van der Waals surface area contributed by atoms with Crippen LogP contribution in [0.15, 0.2) is 0 Å². The van der Waals surface area contributed by atoms with E-state index in [1.165, 1.54) is 6.42 Å². The molecule has 0 atom stereocenters. The van der Waals surface area contributed by atoms with Gasteiger partial charge in [-0.3, -0.25) is 9.80 Å². The highest BCUT2D eigenvalue weighted by atomic mass is 16.5. The normalized spacial score (nSPS) is 21.6. The van der Waals surface area contributed by atoms with Crippen LogP contribution in [0.4, 0.5) is 4.79 Å². The van der Waals surface area contributed by atoms with Crippen molar-refractivity contribution in [1.82, 2.24) is 14.9 Å². The summed E-state index contributed by atoms with van der Waals surface area (Å²) in [7, 11) is 0. The van der Waals surface area contributed by atoms with Crippen LogP contribution in [-0.2, 0) is 9.53 Å². The minimum Gasteiger partial charge on any atom is -0.465 e. The molecule has 0 bridgehead atoms. The minimum atomic E-state index is -0.323. The number of hydrogen-bond acceptors (Lipinski definition) is 4. The third-order valence-electron chi connectivity index (χ3n) is 3.59. The molecule has 6 nitrogen and oxygen atoms in total. The molecule has 0 aliphatic carbocycles. The molecule has 2 heterocycles. The third kappa shape index (κ3) is 3.59. The molecule has 2 saturated heterocycles. The number of ether oxygens (including phenoxy) is 1. The second kappa shape index (κ2) is 6.75. The average molecular weight is 269 g/mol. The molecule has 0 aromatic heterocycles. The highest BCUT2D eigenvalue weighted by Crippen LogP contribution is 2.17. The first-order chi connectivity index (χ1) is 9.22. The lowest BCUT2D eigenvalue weighted by Gasteiger charge is -2.42. The van der Waals surface area contributed by atoms with Crippen molar-refractivity contribution in [3.8, 4) is 0 Å². The SMILES string of the molecule is CCOC(=O)CN1CCCN(N2CCCCC2)C1=O. The Balaban J connectivity index is 1.91. The number of hydrogen-bond donors (Lipinski definition) is 0. The van der Waals surface area contributed by atoms with Gasteiger partial charge in [0.1, 0.15) is 6.54 Å². The van der Waals surface area contributed by atoms with Gasteiger partial charge >= 0.3 is 12.0 Å². The summed E-state index contributed by atoms with van der Waals surface area (Å²) in [6.07, 6.45) is 4.43. The lowest BCUT2D eigenvalue weighted by molar-refractivity contribution is -0.144. The molecule has 0 unspecified atom stereocenters. The van der Waals surface area contributed by atoms with Gasteiger partial charge in [0.2, 0.25) is 0 Å². The molecule has 2 aliphatic heterocycles. The van der Waals surface area contributed by atoms with Crippen LogP contribution in [0.5, 0.6) is 0 Å². The number of esters is 1. The highest BCUT2D eigenvalue weighted by Gasteiger charge is 2.31. The Bertz CT molecular complexity index is 329. The van der Waals surface area contributed by atoms with Crippen LogP contribution in [0, 0.1) is 0 Å². The molecular formula is C13H23N3O3. The summed E-state index contributed by atoms with van der Waals surface area (Å²) in [4.78, 5) is 25.5. The smallest absolute Gasteiger partial charge is 0.335 e. The van der Waals surface area contributed by atoms with Crippen LogP contribution < -0.4 is 0 Å². The van der Waals surface area contributed by atoms with Crippen molar-refractivity contribution in [3.63, 3.8) is 0 Å². The van der Waals surface area contributed by atoms with Crippen molar-refractivity contribution in [2.75, 3.05) is 39.3 Å². The first kappa shape index (κ1) is 14.1. The van der Waals surface area contributed by atoms with E-state index in [0.29, 0.717) is 13.2 Å². The fourth-order valence-electron chi connectivity index (χ4n) is 2.66. The van der Waals surface area contributed by atoms with Crippen molar-refractivity contribution in [3.05, 3.63) is 0 Å². The van der Waals surface area contributed by atoms with E-state index in [1.54, 1.807) is 11.8 Å². The minimum absolute atomic E-state index is 0.0544. The molecule has 0 radical (unpaired) electrons. The molecule has 0 aromatic carbocycles. The number of carbonyl (C=O) groups is 2. The zero-order valence-electron chi connectivity index (χ0n) is 11.6. The van der Waals surface area contributed by atoms with E-state index in [0.717, 1.165) is 38.9 Å². The van der Waals surface area contributed by atoms with Gasteiger partial charge in [-0.15, -0.1) is 0 Å². The number of rotatable bonds is 4. The van der Waals surface area contributed by atoms with Gasteiger partial charge in [0.25, 0.3) is 0 Å². The standard InChI is InChI=1S/C13H23N3O3/c1-2-19-12(17)11-14-7-6-10-16(13(14)18)15-8-4-3-5-9-15/h2-11H2,1H3. The predicted molar refractivity (Wildman–Crippen MR) is 70.3 cm³/mol. The van der Waals surface area contributed by atoms with Crippen molar-refractivity contribution in [1.29, 1.82) is 0 Å². The second-order valence-electron chi connectivity index (χ2n) is 5.00. The molecule has 19 heavy (non-hydrogen) atoms. The maximum Gasteiger partial charge on any atom is 0.335 e. The van der Waals surface area contributed by atoms with Gasteiger partial charge in [0.05, 0.1) is 6.61 Å². The van der Waals surface area contributed by atoms with Crippen molar-refractivity contribution >= 4 is 12.0 Å². The summed E-state index contributed by atoms with van der Waals surface area (Å²) in [5.41, 5.74) is 0. The van der Waals surface area contributed by atoms with Crippen LogP contribution in [0.2, 0.25) is 0 Å². The zero-order valence-corrected chi connectivity index (χ0v) is 11.6.